The van der Waals surface area contributed by atoms with Gasteiger partial charge in [0.15, 0.2) is 0 Å². The number of aryl methyl sites for hydroxylation is 1. The van der Waals surface area contributed by atoms with E-state index in [0.29, 0.717) is 27.9 Å². The van der Waals surface area contributed by atoms with Gasteiger partial charge in [-0.2, -0.15) is 0 Å². The van der Waals surface area contributed by atoms with Crippen molar-refractivity contribution in [3.63, 3.8) is 0 Å². The van der Waals surface area contributed by atoms with Gasteiger partial charge in [-0.1, -0.05) is 24.4 Å². The number of benzene rings is 1. The van der Waals surface area contributed by atoms with Gasteiger partial charge in [-0.15, -0.1) is 11.3 Å². The Morgan fingerprint density at radius 1 is 1.07 bits per heavy atom. The number of rotatable bonds is 4. The molecule has 0 spiro atoms. The minimum absolute atomic E-state index is 0.305. The van der Waals surface area contributed by atoms with Gasteiger partial charge >= 0.3 is 12.0 Å². The maximum absolute atomic E-state index is 12.6. The monoisotopic (exact) mass is 406 g/mol. The standard InChI is InChI=1S/C20H23ClN2O3S/c1-2-26-19(24)17-15-7-5-3-4-6-8-16(15)27-18(17)23-20(25)22-14-11-9-13(21)10-12-14/h9-12H,2-8H2,1H3,(H2,22,23,25). The Hall–Kier alpha value is -2.05. The lowest BCUT2D eigenvalue weighted by atomic mass is 9.96. The molecule has 2 N–H and O–H groups in total. The zero-order valence-corrected chi connectivity index (χ0v) is 16.8. The first kappa shape index (κ1) is 19.7. The number of thiophene rings is 1. The van der Waals surface area contributed by atoms with Crippen LogP contribution in [0.2, 0.25) is 5.02 Å². The summed E-state index contributed by atoms with van der Waals surface area (Å²) in [5.41, 5.74) is 2.19. The van der Waals surface area contributed by atoms with Crippen LogP contribution in [0.5, 0.6) is 0 Å². The molecule has 1 aromatic carbocycles. The van der Waals surface area contributed by atoms with Crippen LogP contribution in [0.3, 0.4) is 0 Å². The maximum Gasteiger partial charge on any atom is 0.341 e. The summed E-state index contributed by atoms with van der Waals surface area (Å²) >= 11 is 7.36. The number of halogens is 1. The zero-order chi connectivity index (χ0) is 19.2. The van der Waals surface area contributed by atoms with Crippen LogP contribution in [0.15, 0.2) is 24.3 Å². The molecule has 0 atom stereocenters. The number of urea groups is 1. The highest BCUT2D eigenvalue weighted by molar-refractivity contribution is 7.17. The van der Waals surface area contributed by atoms with E-state index in [1.54, 1.807) is 31.2 Å². The van der Waals surface area contributed by atoms with Crippen LogP contribution in [0, 0.1) is 0 Å². The van der Waals surface area contributed by atoms with E-state index in [0.717, 1.165) is 37.7 Å². The minimum atomic E-state index is -0.392. The van der Waals surface area contributed by atoms with Crippen molar-refractivity contribution in [3.05, 3.63) is 45.3 Å². The summed E-state index contributed by atoms with van der Waals surface area (Å²) in [5, 5.41) is 6.77. The lowest BCUT2D eigenvalue weighted by Gasteiger charge is -2.11. The molecule has 0 radical (unpaired) electrons. The van der Waals surface area contributed by atoms with Crippen LogP contribution in [0.4, 0.5) is 15.5 Å². The normalized spacial score (nSPS) is 13.9. The Bertz CT molecular complexity index is 817. The largest absolute Gasteiger partial charge is 0.462 e. The molecule has 0 aliphatic heterocycles. The quantitative estimate of drug-likeness (QED) is 0.623. The van der Waals surface area contributed by atoms with Crippen molar-refractivity contribution in [1.82, 2.24) is 0 Å². The van der Waals surface area contributed by atoms with Crippen LogP contribution >= 0.6 is 22.9 Å². The molecule has 3 rings (SSSR count). The highest BCUT2D eigenvalue weighted by Gasteiger charge is 2.26. The Morgan fingerprint density at radius 2 is 1.78 bits per heavy atom. The molecular weight excluding hydrogens is 384 g/mol. The van der Waals surface area contributed by atoms with Crippen LogP contribution in [0.1, 0.15) is 53.4 Å². The molecule has 2 amide bonds. The van der Waals surface area contributed by atoms with Crippen molar-refractivity contribution >= 4 is 45.6 Å². The van der Waals surface area contributed by atoms with E-state index in [9.17, 15) is 9.59 Å². The summed E-state index contributed by atoms with van der Waals surface area (Å²) in [6.45, 7) is 2.09. The van der Waals surface area contributed by atoms with Crippen LogP contribution in [0.25, 0.3) is 0 Å². The van der Waals surface area contributed by atoms with Crippen molar-refractivity contribution in [3.8, 4) is 0 Å². The molecule has 1 heterocycles. The first-order valence-corrected chi connectivity index (χ1v) is 10.4. The summed E-state index contributed by atoms with van der Waals surface area (Å²) in [6.07, 6.45) is 6.30. The van der Waals surface area contributed by atoms with Gasteiger partial charge in [0.05, 0.1) is 12.2 Å². The number of hydrogen-bond donors (Lipinski definition) is 2. The second-order valence-corrected chi connectivity index (χ2v) is 7.97. The SMILES string of the molecule is CCOC(=O)c1c(NC(=O)Nc2ccc(Cl)cc2)sc2c1CCCCCC2. The fourth-order valence-corrected chi connectivity index (χ4v) is 4.62. The number of fused-ring (bicyclic) bond motifs is 1. The molecule has 0 unspecified atom stereocenters. The minimum Gasteiger partial charge on any atom is -0.462 e. The third kappa shape index (κ3) is 5.02. The number of ether oxygens (including phenoxy) is 1. The summed E-state index contributed by atoms with van der Waals surface area (Å²) < 4.78 is 5.26. The fourth-order valence-electron chi connectivity index (χ4n) is 3.23. The number of nitrogens with one attached hydrogen (secondary N) is 2. The van der Waals surface area contributed by atoms with E-state index in [2.05, 4.69) is 10.6 Å². The van der Waals surface area contributed by atoms with E-state index in [4.69, 9.17) is 16.3 Å². The summed E-state index contributed by atoms with van der Waals surface area (Å²) in [4.78, 5) is 26.2. The molecule has 5 nitrogen and oxygen atoms in total. The van der Waals surface area contributed by atoms with Crippen molar-refractivity contribution < 1.29 is 14.3 Å². The number of hydrogen-bond acceptors (Lipinski definition) is 4. The molecule has 0 fully saturated rings. The third-order valence-electron chi connectivity index (χ3n) is 4.48. The van der Waals surface area contributed by atoms with Crippen molar-refractivity contribution in [1.29, 1.82) is 0 Å². The van der Waals surface area contributed by atoms with Gasteiger partial charge < -0.3 is 10.1 Å². The van der Waals surface area contributed by atoms with E-state index < -0.39 is 6.03 Å². The van der Waals surface area contributed by atoms with Crippen molar-refractivity contribution in [2.24, 2.45) is 0 Å². The van der Waals surface area contributed by atoms with Gasteiger partial charge in [-0.25, -0.2) is 9.59 Å². The zero-order valence-electron chi connectivity index (χ0n) is 15.3. The average molecular weight is 407 g/mol. The van der Waals surface area contributed by atoms with Gasteiger partial charge in [-0.05, 0) is 62.4 Å². The lowest BCUT2D eigenvalue weighted by molar-refractivity contribution is 0.0526. The number of amides is 2. The van der Waals surface area contributed by atoms with Crippen LogP contribution < -0.4 is 10.6 Å². The van der Waals surface area contributed by atoms with Gasteiger partial charge in [0.1, 0.15) is 5.00 Å². The molecule has 1 aliphatic rings. The van der Waals surface area contributed by atoms with Crippen molar-refractivity contribution in [2.75, 3.05) is 17.2 Å². The number of esters is 1. The van der Waals surface area contributed by atoms with Gasteiger partial charge in [0, 0.05) is 15.6 Å². The molecule has 0 saturated carbocycles. The Morgan fingerprint density at radius 3 is 2.48 bits per heavy atom. The van der Waals surface area contributed by atoms with E-state index in [-0.39, 0.29) is 5.97 Å². The molecule has 2 aromatic rings. The van der Waals surface area contributed by atoms with E-state index in [1.165, 1.54) is 22.6 Å². The second-order valence-electron chi connectivity index (χ2n) is 6.43. The highest BCUT2D eigenvalue weighted by Crippen LogP contribution is 2.37. The summed E-state index contributed by atoms with van der Waals surface area (Å²) in [6, 6.07) is 6.47. The molecule has 1 aromatic heterocycles. The third-order valence-corrected chi connectivity index (χ3v) is 5.94. The number of carbonyl (C=O) groups is 2. The Balaban J connectivity index is 1.84. The molecular formula is C20H23ClN2O3S. The van der Waals surface area contributed by atoms with Gasteiger partial charge in [0.25, 0.3) is 0 Å². The highest BCUT2D eigenvalue weighted by atomic mass is 35.5. The molecule has 7 heteroatoms. The molecule has 1 aliphatic carbocycles. The van der Waals surface area contributed by atoms with Crippen LogP contribution in [-0.4, -0.2) is 18.6 Å². The first-order chi connectivity index (χ1) is 13.1. The van der Waals surface area contributed by atoms with Gasteiger partial charge in [-0.3, -0.25) is 5.32 Å². The van der Waals surface area contributed by atoms with E-state index in [1.807, 2.05) is 0 Å². The predicted octanol–water partition coefficient (Wildman–Crippen LogP) is 5.88. The Labute approximate surface area is 168 Å². The molecule has 0 saturated heterocycles. The van der Waals surface area contributed by atoms with E-state index >= 15 is 0 Å². The average Bonchev–Trinajstić information content (AvgIpc) is 2.93. The predicted molar refractivity (Wildman–Crippen MR) is 110 cm³/mol. The maximum atomic E-state index is 12.6. The topological polar surface area (TPSA) is 67.4 Å². The second kappa shape index (κ2) is 9.24. The summed E-state index contributed by atoms with van der Waals surface area (Å²) in [7, 11) is 0. The lowest BCUT2D eigenvalue weighted by Crippen LogP contribution is -2.20. The van der Waals surface area contributed by atoms with Gasteiger partial charge in [0.2, 0.25) is 0 Å². The smallest absolute Gasteiger partial charge is 0.341 e. The van der Waals surface area contributed by atoms with Crippen molar-refractivity contribution in [2.45, 2.75) is 45.4 Å². The Kier molecular flexibility index (Phi) is 6.74. The molecule has 0 bridgehead atoms. The van der Waals surface area contributed by atoms with Crippen LogP contribution in [-0.2, 0) is 17.6 Å². The molecule has 27 heavy (non-hydrogen) atoms. The number of anilines is 2. The number of carbonyl (C=O) groups excluding carboxylic acids is 2. The summed E-state index contributed by atoms with van der Waals surface area (Å²) in [5.74, 6) is -0.364. The fraction of sp³-hybridized carbons (Fsp3) is 0.400. The molecule has 144 valence electrons. The first-order valence-electron chi connectivity index (χ1n) is 9.23.